The summed E-state index contributed by atoms with van der Waals surface area (Å²) in [4.78, 5) is 27.2. The van der Waals surface area contributed by atoms with Gasteiger partial charge in [0.05, 0.1) is 13.2 Å². The molecule has 0 aromatic carbocycles. The average Bonchev–Trinajstić information content (AvgIpc) is 3.20. The molecule has 2 rings (SSSR count). The molecule has 13 nitrogen and oxygen atoms in total. The van der Waals surface area contributed by atoms with E-state index in [0.717, 1.165) is 7.11 Å². The van der Waals surface area contributed by atoms with E-state index in [1.54, 1.807) is 13.8 Å². The van der Waals surface area contributed by atoms with Gasteiger partial charge in [-0.15, -0.1) is 0 Å². The number of nitrogens with zero attached hydrogens (tertiary/aromatic N) is 6. The van der Waals surface area contributed by atoms with Crippen molar-refractivity contribution in [3.63, 3.8) is 0 Å². The summed E-state index contributed by atoms with van der Waals surface area (Å²) in [5, 5.41) is 44.9. The molecule has 0 atom stereocenters. The standard InChI is InChI=1S/2C6H9N3O3.CH4O.Ag.BF4/c2*1-5-7-4-6(9(11)12)8(5)2-3-10;1-2;;2-1(3,4)5/h2*4,10H,2-3H2,1H3;2H,1H3;;/q;;;+1;-1. The Morgan fingerprint density at radius 3 is 1.31 bits per heavy atom. The van der Waals surface area contributed by atoms with Crippen molar-refractivity contribution in [1.82, 2.24) is 19.1 Å². The Bertz CT molecular complexity index is 755. The maximum Gasteiger partial charge on any atom is 1.00 e. The number of nitro groups is 2. The number of rotatable bonds is 6. The third kappa shape index (κ3) is 13.8. The third-order valence-corrected chi connectivity index (χ3v) is 3.09. The molecule has 0 amide bonds. The maximum atomic E-state index is 10.4. The third-order valence-electron chi connectivity index (χ3n) is 3.09. The van der Waals surface area contributed by atoms with Crippen LogP contribution in [0.2, 0.25) is 0 Å². The van der Waals surface area contributed by atoms with Crippen molar-refractivity contribution in [3.05, 3.63) is 44.3 Å². The summed E-state index contributed by atoms with van der Waals surface area (Å²) in [5.74, 6) is 0.912. The van der Waals surface area contributed by atoms with Gasteiger partial charge in [-0.3, -0.25) is 0 Å². The van der Waals surface area contributed by atoms with Gasteiger partial charge in [0.1, 0.15) is 25.5 Å². The van der Waals surface area contributed by atoms with E-state index < -0.39 is 17.1 Å². The fraction of sp³-hybridized carbons (Fsp3) is 0.538. The largest absolute Gasteiger partial charge is 1.00 e. The Balaban J connectivity index is -0.000000401. The molecule has 0 unspecified atom stereocenters. The normalized spacial score (nSPS) is 9.69. The topological polar surface area (TPSA) is 183 Å². The maximum absolute atomic E-state index is 10.4. The van der Waals surface area contributed by atoms with Gasteiger partial charge in [-0.05, 0) is 9.85 Å². The zero-order chi connectivity index (χ0) is 24.8. The minimum absolute atomic E-state index is 0. The van der Waals surface area contributed by atoms with Crippen LogP contribution in [0.1, 0.15) is 11.6 Å². The van der Waals surface area contributed by atoms with Gasteiger partial charge in [0, 0.05) is 21.0 Å². The second kappa shape index (κ2) is 17.2. The van der Waals surface area contributed by atoms with Gasteiger partial charge >= 0.3 is 41.3 Å². The Morgan fingerprint density at radius 2 is 1.12 bits per heavy atom. The first kappa shape index (κ1) is 34.2. The molecule has 0 radical (unpaired) electrons. The summed E-state index contributed by atoms with van der Waals surface area (Å²) in [7, 11) is -5.00. The summed E-state index contributed by atoms with van der Waals surface area (Å²) in [5.41, 5.74) is 0. The van der Waals surface area contributed by atoms with Crippen LogP contribution in [0.4, 0.5) is 28.9 Å². The van der Waals surface area contributed by atoms with Crippen molar-refractivity contribution in [2.24, 2.45) is 0 Å². The van der Waals surface area contributed by atoms with E-state index >= 15 is 0 Å². The number of aliphatic hydroxyl groups excluding tert-OH is 3. The summed E-state index contributed by atoms with van der Waals surface area (Å²) in [6, 6.07) is 0. The van der Waals surface area contributed by atoms with E-state index in [-0.39, 0.29) is 60.3 Å². The first-order valence-electron chi connectivity index (χ1n) is 8.20. The molecule has 2 heterocycles. The van der Waals surface area contributed by atoms with Gasteiger partial charge < -0.3 is 52.8 Å². The number of hydrogen-bond donors (Lipinski definition) is 3. The van der Waals surface area contributed by atoms with Crippen molar-refractivity contribution in [2.75, 3.05) is 20.3 Å². The van der Waals surface area contributed by atoms with Crippen LogP contribution in [0.3, 0.4) is 0 Å². The molecule has 2 aromatic rings. The number of hydrogen-bond acceptors (Lipinski definition) is 9. The number of aromatic nitrogens is 4. The van der Waals surface area contributed by atoms with Crippen LogP contribution in [0.15, 0.2) is 12.4 Å². The fourth-order valence-electron chi connectivity index (χ4n) is 1.96. The van der Waals surface area contributed by atoms with Crippen molar-refractivity contribution >= 4 is 18.9 Å². The second-order valence-electron chi connectivity index (χ2n) is 5.09. The molecule has 32 heavy (non-hydrogen) atoms. The molecule has 0 bridgehead atoms. The molecule has 19 heteroatoms. The molecular formula is C13H22AgBF4N6O7. The van der Waals surface area contributed by atoms with Crippen LogP contribution in [0.5, 0.6) is 0 Å². The van der Waals surface area contributed by atoms with Crippen LogP contribution in [0.25, 0.3) is 0 Å². The molecule has 0 fully saturated rings. The molecule has 0 aliphatic carbocycles. The van der Waals surface area contributed by atoms with Crippen LogP contribution in [-0.4, -0.2) is 71.8 Å². The summed E-state index contributed by atoms with van der Waals surface area (Å²) < 4.78 is 41.7. The molecule has 0 saturated carbocycles. The molecule has 0 aliphatic rings. The fourth-order valence-corrected chi connectivity index (χ4v) is 1.96. The van der Waals surface area contributed by atoms with Gasteiger partial charge in [-0.1, -0.05) is 0 Å². The van der Waals surface area contributed by atoms with E-state index in [1.165, 1.54) is 21.5 Å². The number of halogens is 4. The number of aliphatic hydroxyl groups is 3. The smallest absolute Gasteiger partial charge is 0.418 e. The predicted molar refractivity (Wildman–Crippen MR) is 99.7 cm³/mol. The Hall–Kier alpha value is -2.37. The van der Waals surface area contributed by atoms with Crippen LogP contribution in [-0.2, 0) is 35.5 Å². The van der Waals surface area contributed by atoms with Crippen LogP contribution in [0, 0.1) is 34.1 Å². The predicted octanol–water partition coefficient (Wildman–Crippen LogP) is 1.09. The summed E-state index contributed by atoms with van der Waals surface area (Å²) in [6.45, 7) is 3.48. The number of aryl methyl sites for hydroxylation is 2. The van der Waals surface area contributed by atoms with E-state index in [4.69, 9.17) is 15.3 Å². The van der Waals surface area contributed by atoms with Crippen molar-refractivity contribution in [1.29, 1.82) is 0 Å². The SMILES string of the molecule is CO.Cc1ncc([N+](=O)[O-])n1CCO.Cc1ncc([N+](=O)[O-])n1CCO.F[B-](F)(F)F.[Ag+]. The molecule has 0 aliphatic heterocycles. The minimum Gasteiger partial charge on any atom is -0.418 e. The van der Waals surface area contributed by atoms with Gasteiger partial charge in [0.2, 0.25) is 0 Å². The zero-order valence-corrected chi connectivity index (χ0v) is 18.5. The van der Waals surface area contributed by atoms with Gasteiger partial charge in [0.15, 0.2) is 11.6 Å². The second-order valence-corrected chi connectivity index (χ2v) is 5.09. The van der Waals surface area contributed by atoms with E-state index in [9.17, 15) is 37.5 Å². The zero-order valence-electron chi connectivity index (χ0n) is 17.0. The molecule has 0 saturated heterocycles. The van der Waals surface area contributed by atoms with Crippen molar-refractivity contribution in [3.8, 4) is 0 Å². The van der Waals surface area contributed by atoms with E-state index in [2.05, 4.69) is 9.97 Å². The van der Waals surface area contributed by atoms with Gasteiger partial charge in [-0.25, -0.2) is 19.1 Å². The molecule has 0 spiro atoms. The van der Waals surface area contributed by atoms with Crippen molar-refractivity contribution in [2.45, 2.75) is 26.9 Å². The Labute approximate surface area is 194 Å². The minimum atomic E-state index is -6.00. The quantitative estimate of drug-likeness (QED) is 0.199. The van der Waals surface area contributed by atoms with Crippen LogP contribution < -0.4 is 0 Å². The van der Waals surface area contributed by atoms with E-state index in [0.29, 0.717) is 11.6 Å². The summed E-state index contributed by atoms with van der Waals surface area (Å²) in [6.07, 6.45) is 2.37. The van der Waals surface area contributed by atoms with Crippen LogP contribution >= 0.6 is 0 Å². The first-order valence-corrected chi connectivity index (χ1v) is 8.20. The Morgan fingerprint density at radius 1 is 0.875 bits per heavy atom. The Kier molecular flexibility index (Phi) is 18.4. The van der Waals surface area contributed by atoms with Gasteiger partial charge in [-0.2, -0.15) is 0 Å². The van der Waals surface area contributed by atoms with Gasteiger partial charge in [0.25, 0.3) is 0 Å². The van der Waals surface area contributed by atoms with Crippen molar-refractivity contribution < 1.29 is 64.8 Å². The molecule has 3 N–H and O–H groups in total. The van der Waals surface area contributed by atoms with E-state index in [1.807, 2.05) is 0 Å². The summed E-state index contributed by atoms with van der Waals surface area (Å²) >= 11 is 0. The molecule has 188 valence electrons. The number of imidazole rings is 2. The monoisotopic (exact) mass is 568 g/mol. The average molecular weight is 569 g/mol. The molecular weight excluding hydrogens is 547 g/mol. The molecule has 2 aromatic heterocycles. The first-order chi connectivity index (χ1) is 14.3.